The van der Waals surface area contributed by atoms with Crippen molar-refractivity contribution in [2.75, 3.05) is 6.61 Å². The second-order valence-electron chi connectivity index (χ2n) is 3.58. The number of ether oxygens (including phenoxy) is 1. The fourth-order valence-electron chi connectivity index (χ4n) is 1.74. The summed E-state index contributed by atoms with van der Waals surface area (Å²) in [5.41, 5.74) is 0.0879. The molecule has 0 atom stereocenters. The van der Waals surface area contributed by atoms with Gasteiger partial charge in [-0.05, 0) is 19.8 Å². The van der Waals surface area contributed by atoms with Crippen LogP contribution >= 0.6 is 0 Å². The van der Waals surface area contributed by atoms with Gasteiger partial charge in [0, 0.05) is 16.6 Å². The molecule has 1 aromatic rings. The maximum absolute atomic E-state index is 11.7. The highest BCUT2D eigenvalue weighted by Crippen LogP contribution is 1.95. The van der Waals surface area contributed by atoms with E-state index in [4.69, 9.17) is 4.74 Å². The van der Waals surface area contributed by atoms with Crippen LogP contribution in [0, 0.1) is 0 Å². The fourth-order valence-corrected chi connectivity index (χ4v) is 1.74. The molecule has 2 rings (SSSR count). The summed E-state index contributed by atoms with van der Waals surface area (Å²) in [5.74, 6) is -0.485. The zero-order valence-corrected chi connectivity index (χ0v) is 9.08. The van der Waals surface area contributed by atoms with Crippen molar-refractivity contribution >= 4 is 18.1 Å². The average molecular weight is 219 g/mol. The molecule has 0 amide bonds. The number of aromatic amines is 1. The van der Waals surface area contributed by atoms with Crippen molar-refractivity contribution in [3.8, 4) is 0 Å². The van der Waals surface area contributed by atoms with E-state index in [0.29, 0.717) is 11.8 Å². The van der Waals surface area contributed by atoms with E-state index in [1.54, 1.807) is 6.92 Å². The predicted octanol–water partition coefficient (Wildman–Crippen LogP) is -0.0936. The Morgan fingerprint density at radius 2 is 2.19 bits per heavy atom. The predicted molar refractivity (Wildman–Crippen MR) is 60.4 cm³/mol. The van der Waals surface area contributed by atoms with Gasteiger partial charge in [-0.2, -0.15) is 0 Å². The summed E-state index contributed by atoms with van der Waals surface area (Å²) in [5, 5.41) is 1.38. The van der Waals surface area contributed by atoms with Gasteiger partial charge in [0.2, 0.25) is 0 Å². The lowest BCUT2D eigenvalue weighted by Crippen LogP contribution is -2.43. The lowest BCUT2D eigenvalue weighted by Gasteiger charge is -2.04. The van der Waals surface area contributed by atoms with Crippen molar-refractivity contribution < 1.29 is 9.53 Å². The van der Waals surface area contributed by atoms with Crippen LogP contribution in [0.1, 0.15) is 30.3 Å². The molecule has 0 spiro atoms. The number of esters is 1. The number of hydrogen-bond acceptors (Lipinski definition) is 3. The molecule has 0 bridgehead atoms. The van der Waals surface area contributed by atoms with Gasteiger partial charge in [0.15, 0.2) is 5.43 Å². The number of pyridine rings is 1. The Morgan fingerprint density at radius 1 is 1.44 bits per heavy atom. The van der Waals surface area contributed by atoms with E-state index in [0.717, 1.165) is 18.2 Å². The molecule has 0 unspecified atom stereocenters. The van der Waals surface area contributed by atoms with Crippen molar-refractivity contribution in [2.24, 2.45) is 0 Å². The van der Waals surface area contributed by atoms with Crippen molar-refractivity contribution in [3.63, 3.8) is 0 Å². The first-order valence-electron chi connectivity index (χ1n) is 5.33. The molecule has 0 saturated heterocycles. The summed E-state index contributed by atoms with van der Waals surface area (Å²) in [6, 6.07) is 1.30. The number of rotatable bonds is 2. The molecule has 1 aliphatic rings. The molecule has 84 valence electrons. The molecule has 4 nitrogen and oxygen atoms in total. The number of hydrogen-bond donors (Lipinski definition) is 1. The van der Waals surface area contributed by atoms with Crippen LogP contribution in [0.4, 0.5) is 0 Å². The van der Waals surface area contributed by atoms with Crippen LogP contribution in [0.5, 0.6) is 0 Å². The van der Waals surface area contributed by atoms with Crippen LogP contribution in [-0.2, 0) is 4.74 Å². The van der Waals surface area contributed by atoms with E-state index in [-0.39, 0.29) is 11.1 Å². The van der Waals surface area contributed by atoms with Gasteiger partial charge in [-0.15, -0.1) is 0 Å². The number of carbonyl (C=O) groups excluding carboxylic acids is 1. The summed E-state index contributed by atoms with van der Waals surface area (Å²) < 4.78 is 4.84. The number of nitrogens with one attached hydrogen (secondary N) is 1. The Bertz CT molecular complexity index is 583. The Kier molecular flexibility index (Phi) is 2.90. The third-order valence-electron chi connectivity index (χ3n) is 2.46. The van der Waals surface area contributed by atoms with Gasteiger partial charge < -0.3 is 9.72 Å². The zero-order chi connectivity index (χ0) is 11.5. The Balaban J connectivity index is 2.57. The van der Waals surface area contributed by atoms with Crippen LogP contribution in [-0.4, -0.2) is 17.6 Å². The Labute approximate surface area is 92.3 Å². The lowest BCUT2D eigenvalue weighted by atomic mass is 10.1. The van der Waals surface area contributed by atoms with Gasteiger partial charge in [-0.1, -0.05) is 12.2 Å². The molecule has 0 radical (unpaired) electrons. The van der Waals surface area contributed by atoms with Crippen molar-refractivity contribution in [2.45, 2.75) is 19.8 Å². The number of carbonyl (C=O) groups is 1. The van der Waals surface area contributed by atoms with Gasteiger partial charge in [-0.25, -0.2) is 4.79 Å². The van der Waals surface area contributed by atoms with E-state index < -0.39 is 5.97 Å². The third kappa shape index (κ3) is 1.91. The summed E-state index contributed by atoms with van der Waals surface area (Å²) in [6.45, 7) is 2.03. The molecule has 1 aromatic heterocycles. The minimum Gasteiger partial charge on any atom is -0.461 e. The minimum absolute atomic E-state index is 0.132. The highest BCUT2D eigenvalue weighted by molar-refractivity contribution is 5.87. The first-order valence-corrected chi connectivity index (χ1v) is 5.33. The van der Waals surface area contributed by atoms with Gasteiger partial charge in [0.25, 0.3) is 0 Å². The molecule has 16 heavy (non-hydrogen) atoms. The van der Waals surface area contributed by atoms with E-state index in [2.05, 4.69) is 4.98 Å². The van der Waals surface area contributed by atoms with E-state index in [1.807, 2.05) is 12.2 Å². The van der Waals surface area contributed by atoms with Crippen LogP contribution in [0.25, 0.3) is 12.2 Å². The van der Waals surface area contributed by atoms with Gasteiger partial charge in [-0.3, -0.25) is 4.79 Å². The van der Waals surface area contributed by atoms with Crippen LogP contribution in [0.3, 0.4) is 0 Å². The average Bonchev–Trinajstić information content (AvgIpc) is 2.29. The summed E-state index contributed by atoms with van der Waals surface area (Å²) in [7, 11) is 0. The molecule has 4 heteroatoms. The molecule has 0 aromatic carbocycles. The summed E-state index contributed by atoms with van der Waals surface area (Å²) >= 11 is 0. The Morgan fingerprint density at radius 3 is 2.94 bits per heavy atom. The van der Waals surface area contributed by atoms with Gasteiger partial charge in [0.05, 0.1) is 6.61 Å². The second-order valence-corrected chi connectivity index (χ2v) is 3.58. The molecule has 0 saturated carbocycles. The summed E-state index contributed by atoms with van der Waals surface area (Å²) in [6.07, 6.45) is 5.58. The quantitative estimate of drug-likeness (QED) is 0.707. The summed E-state index contributed by atoms with van der Waals surface area (Å²) in [4.78, 5) is 26.1. The lowest BCUT2D eigenvalue weighted by molar-refractivity contribution is 0.0519. The van der Waals surface area contributed by atoms with Crippen molar-refractivity contribution in [1.29, 1.82) is 0 Å². The molecule has 0 aliphatic heterocycles. The van der Waals surface area contributed by atoms with Gasteiger partial charge in [0.1, 0.15) is 5.69 Å². The first kappa shape index (κ1) is 10.7. The molecular weight excluding hydrogens is 206 g/mol. The number of aromatic nitrogens is 1. The van der Waals surface area contributed by atoms with E-state index >= 15 is 0 Å². The maximum Gasteiger partial charge on any atom is 0.354 e. The van der Waals surface area contributed by atoms with E-state index in [9.17, 15) is 9.59 Å². The SMILES string of the molecule is CCOC(=O)c1cc(=O)c2c([nH]1)=CCCC=2. The first-order chi connectivity index (χ1) is 7.72. The number of fused-ring (bicyclic) bond motifs is 1. The van der Waals surface area contributed by atoms with Crippen LogP contribution < -0.4 is 16.0 Å². The zero-order valence-electron chi connectivity index (χ0n) is 9.08. The molecule has 1 N–H and O–H groups in total. The molecular formula is C12H13NO3. The highest BCUT2D eigenvalue weighted by atomic mass is 16.5. The van der Waals surface area contributed by atoms with Gasteiger partial charge >= 0.3 is 5.97 Å². The molecule has 0 fully saturated rings. The normalized spacial score (nSPS) is 13.3. The largest absolute Gasteiger partial charge is 0.461 e. The second kappa shape index (κ2) is 4.35. The minimum atomic E-state index is -0.485. The maximum atomic E-state index is 11.7. The van der Waals surface area contributed by atoms with Crippen LogP contribution in [0.15, 0.2) is 10.9 Å². The standard InChI is InChI=1S/C12H13NO3/c1-2-16-12(15)10-7-11(14)8-5-3-4-6-9(8)13-10/h5-7,13H,2-4H2,1H3. The number of H-pyrrole nitrogens is 1. The van der Waals surface area contributed by atoms with E-state index in [1.165, 1.54) is 6.07 Å². The molecule has 1 heterocycles. The topological polar surface area (TPSA) is 59.2 Å². The fraction of sp³-hybridized carbons (Fsp3) is 0.333. The third-order valence-corrected chi connectivity index (χ3v) is 2.46. The molecule has 1 aliphatic carbocycles. The Hall–Kier alpha value is -1.84. The smallest absolute Gasteiger partial charge is 0.354 e. The van der Waals surface area contributed by atoms with Crippen molar-refractivity contribution in [3.05, 3.63) is 32.6 Å². The highest BCUT2D eigenvalue weighted by Gasteiger charge is 2.09. The monoisotopic (exact) mass is 219 g/mol. The van der Waals surface area contributed by atoms with Crippen molar-refractivity contribution in [1.82, 2.24) is 4.98 Å². The van der Waals surface area contributed by atoms with Crippen LogP contribution in [0.2, 0.25) is 0 Å².